The van der Waals surface area contributed by atoms with Gasteiger partial charge in [0.05, 0.1) is 5.56 Å². The molecule has 2 aromatic carbocycles. The topological polar surface area (TPSA) is 67.2 Å². The first-order valence-electron chi connectivity index (χ1n) is 10.9. The van der Waals surface area contributed by atoms with Crippen molar-refractivity contribution in [3.8, 4) is 11.1 Å². The fourth-order valence-corrected chi connectivity index (χ4v) is 4.53. The lowest BCUT2D eigenvalue weighted by atomic mass is 10.0. The number of rotatable bonds is 8. The molecule has 0 aliphatic carbocycles. The second-order valence-electron chi connectivity index (χ2n) is 8.38. The van der Waals surface area contributed by atoms with Crippen LogP contribution in [0.15, 0.2) is 73.2 Å². The summed E-state index contributed by atoms with van der Waals surface area (Å²) in [6.45, 7) is 0.429. The zero-order valence-electron chi connectivity index (χ0n) is 19.2. The first-order valence-corrected chi connectivity index (χ1v) is 12.3. The molecular weight excluding hydrogens is 477 g/mol. The number of hydrogen-bond donors (Lipinski definition) is 1. The predicted molar refractivity (Wildman–Crippen MR) is 130 cm³/mol. The minimum Gasteiger partial charge on any atom is -0.343 e. The molecule has 0 unspecified atom stereocenters. The van der Waals surface area contributed by atoms with Crippen LogP contribution in [0.1, 0.15) is 16.7 Å². The van der Waals surface area contributed by atoms with Gasteiger partial charge in [-0.05, 0) is 59.0 Å². The number of benzene rings is 2. The summed E-state index contributed by atoms with van der Waals surface area (Å²) < 4.78 is 69.4. The Morgan fingerprint density at radius 2 is 1.74 bits per heavy atom. The fourth-order valence-electron chi connectivity index (χ4n) is 3.91. The van der Waals surface area contributed by atoms with Gasteiger partial charge < -0.3 is 4.57 Å². The first-order chi connectivity index (χ1) is 16.5. The van der Waals surface area contributed by atoms with Crippen LogP contribution in [0, 0.1) is 0 Å². The SMILES string of the molecule is CN(C)S(=O)(=O)NCCc1cn(Cc2cccc(C(F)(F)F)c2)c2cc(-c3ccncc3)ccc12. The van der Waals surface area contributed by atoms with Crippen molar-refractivity contribution < 1.29 is 21.6 Å². The molecule has 0 bridgehead atoms. The molecular formula is C25H25F3N4O2S. The highest BCUT2D eigenvalue weighted by atomic mass is 32.2. The van der Waals surface area contributed by atoms with E-state index in [4.69, 9.17) is 0 Å². The van der Waals surface area contributed by atoms with Crippen molar-refractivity contribution in [3.05, 3.63) is 89.9 Å². The third kappa shape index (κ3) is 5.72. The van der Waals surface area contributed by atoms with Crippen molar-refractivity contribution in [1.82, 2.24) is 18.6 Å². The van der Waals surface area contributed by atoms with Gasteiger partial charge in [-0.1, -0.05) is 24.3 Å². The highest BCUT2D eigenvalue weighted by molar-refractivity contribution is 7.87. The molecule has 4 rings (SSSR count). The average Bonchev–Trinajstić information content (AvgIpc) is 3.15. The van der Waals surface area contributed by atoms with Crippen LogP contribution in [0.2, 0.25) is 0 Å². The van der Waals surface area contributed by atoms with E-state index in [-0.39, 0.29) is 13.1 Å². The molecule has 0 spiro atoms. The molecule has 2 aromatic heterocycles. The van der Waals surface area contributed by atoms with Crippen LogP contribution in [-0.2, 0) is 29.4 Å². The molecule has 2 heterocycles. The number of hydrogen-bond acceptors (Lipinski definition) is 3. The van der Waals surface area contributed by atoms with Gasteiger partial charge in [0, 0.05) is 56.7 Å². The van der Waals surface area contributed by atoms with Gasteiger partial charge in [-0.15, -0.1) is 0 Å². The Balaban J connectivity index is 1.71. The number of pyridine rings is 1. The molecule has 0 radical (unpaired) electrons. The Hall–Kier alpha value is -3.21. The van der Waals surface area contributed by atoms with Crippen molar-refractivity contribution in [2.45, 2.75) is 19.1 Å². The maximum absolute atomic E-state index is 13.2. The number of aromatic nitrogens is 2. The second-order valence-corrected chi connectivity index (χ2v) is 10.3. The van der Waals surface area contributed by atoms with Crippen molar-refractivity contribution in [2.75, 3.05) is 20.6 Å². The molecule has 35 heavy (non-hydrogen) atoms. The number of nitrogens with zero attached hydrogens (tertiary/aromatic N) is 3. The molecule has 0 saturated carbocycles. The summed E-state index contributed by atoms with van der Waals surface area (Å²) in [7, 11) is -0.664. The summed E-state index contributed by atoms with van der Waals surface area (Å²) in [6, 6.07) is 15.0. The smallest absolute Gasteiger partial charge is 0.343 e. The van der Waals surface area contributed by atoms with Crippen LogP contribution >= 0.6 is 0 Å². The molecule has 0 amide bonds. The Morgan fingerprint density at radius 1 is 1.00 bits per heavy atom. The lowest BCUT2D eigenvalue weighted by molar-refractivity contribution is -0.137. The van der Waals surface area contributed by atoms with E-state index in [2.05, 4.69) is 9.71 Å². The van der Waals surface area contributed by atoms with Gasteiger partial charge in [0.15, 0.2) is 0 Å². The van der Waals surface area contributed by atoms with Crippen LogP contribution in [0.3, 0.4) is 0 Å². The van der Waals surface area contributed by atoms with Crippen molar-refractivity contribution >= 4 is 21.1 Å². The maximum Gasteiger partial charge on any atom is 0.416 e. The summed E-state index contributed by atoms with van der Waals surface area (Å²) in [5.41, 5.74) is 3.49. The van der Waals surface area contributed by atoms with Gasteiger partial charge in [0.1, 0.15) is 0 Å². The normalized spacial score (nSPS) is 12.5. The summed E-state index contributed by atoms with van der Waals surface area (Å²) in [6.07, 6.45) is 1.28. The zero-order valence-corrected chi connectivity index (χ0v) is 20.1. The summed E-state index contributed by atoms with van der Waals surface area (Å²) in [5.74, 6) is 0. The Kier molecular flexibility index (Phi) is 6.98. The minimum atomic E-state index is -4.42. The van der Waals surface area contributed by atoms with Gasteiger partial charge in [0.25, 0.3) is 10.2 Å². The summed E-state index contributed by atoms with van der Waals surface area (Å²) in [5, 5.41) is 0.916. The molecule has 0 atom stereocenters. The third-order valence-electron chi connectivity index (χ3n) is 5.75. The van der Waals surface area contributed by atoms with Crippen molar-refractivity contribution in [2.24, 2.45) is 0 Å². The van der Waals surface area contributed by atoms with Crippen molar-refractivity contribution in [1.29, 1.82) is 0 Å². The van der Waals surface area contributed by atoms with Gasteiger partial charge in [-0.3, -0.25) is 4.98 Å². The predicted octanol–water partition coefficient (Wildman–Crippen LogP) is 4.71. The quantitative estimate of drug-likeness (QED) is 0.380. The van der Waals surface area contributed by atoms with E-state index in [0.717, 1.165) is 44.0 Å². The van der Waals surface area contributed by atoms with Crippen LogP contribution in [0.5, 0.6) is 0 Å². The van der Waals surface area contributed by atoms with E-state index in [0.29, 0.717) is 12.0 Å². The van der Waals surface area contributed by atoms with Gasteiger partial charge in [-0.2, -0.15) is 25.9 Å². The van der Waals surface area contributed by atoms with E-state index in [1.165, 1.54) is 20.2 Å². The summed E-state index contributed by atoms with van der Waals surface area (Å²) in [4.78, 5) is 4.05. The van der Waals surface area contributed by atoms with Gasteiger partial charge in [0.2, 0.25) is 0 Å². The monoisotopic (exact) mass is 502 g/mol. The minimum absolute atomic E-state index is 0.190. The van der Waals surface area contributed by atoms with Crippen LogP contribution in [-0.4, -0.2) is 42.9 Å². The Bertz CT molecular complexity index is 1430. The maximum atomic E-state index is 13.2. The fraction of sp³-hybridized carbons (Fsp3) is 0.240. The number of halogens is 3. The standard InChI is InChI=1S/C25H25F3N4O2S/c1-31(2)35(33,34)30-13-10-21-17-32(16-18-4-3-5-22(14-18)25(26,27)28)24-15-20(6-7-23(21)24)19-8-11-29-12-9-19/h3-9,11-12,14-15,17,30H,10,13,16H2,1-2H3. The molecule has 10 heteroatoms. The molecule has 6 nitrogen and oxygen atoms in total. The van der Waals surface area contributed by atoms with Crippen molar-refractivity contribution in [3.63, 3.8) is 0 Å². The zero-order chi connectivity index (χ0) is 25.2. The van der Waals surface area contributed by atoms with Crippen LogP contribution in [0.25, 0.3) is 22.0 Å². The average molecular weight is 503 g/mol. The molecule has 0 aliphatic heterocycles. The van der Waals surface area contributed by atoms with Gasteiger partial charge in [-0.25, -0.2) is 4.72 Å². The van der Waals surface area contributed by atoms with E-state index < -0.39 is 21.9 Å². The lowest BCUT2D eigenvalue weighted by Crippen LogP contribution is -2.36. The van der Waals surface area contributed by atoms with Gasteiger partial charge >= 0.3 is 6.18 Å². The van der Waals surface area contributed by atoms with Crippen LogP contribution < -0.4 is 4.72 Å². The second kappa shape index (κ2) is 9.80. The Labute approximate surface area is 202 Å². The van der Waals surface area contributed by atoms with E-state index in [1.54, 1.807) is 18.5 Å². The molecule has 1 N–H and O–H groups in total. The van der Waals surface area contributed by atoms with Crippen LogP contribution in [0.4, 0.5) is 13.2 Å². The highest BCUT2D eigenvalue weighted by Crippen LogP contribution is 2.31. The lowest BCUT2D eigenvalue weighted by Gasteiger charge is -2.11. The largest absolute Gasteiger partial charge is 0.416 e. The van der Waals surface area contributed by atoms with E-state index >= 15 is 0 Å². The number of fused-ring (bicyclic) bond motifs is 1. The molecule has 184 valence electrons. The Morgan fingerprint density at radius 3 is 2.43 bits per heavy atom. The molecule has 4 aromatic rings. The third-order valence-corrected chi connectivity index (χ3v) is 7.28. The molecule has 0 aliphatic rings. The van der Waals surface area contributed by atoms with E-state index in [9.17, 15) is 21.6 Å². The first kappa shape index (κ1) is 24.9. The molecule has 0 fully saturated rings. The molecule has 0 saturated heterocycles. The number of alkyl halides is 3. The summed E-state index contributed by atoms with van der Waals surface area (Å²) >= 11 is 0. The van der Waals surface area contributed by atoms with E-state index in [1.807, 2.05) is 41.1 Å². The highest BCUT2D eigenvalue weighted by Gasteiger charge is 2.30. The number of nitrogens with one attached hydrogen (secondary N) is 1.